The number of hydrogen-bond acceptors (Lipinski definition) is 4. The third-order valence-electron chi connectivity index (χ3n) is 3.90. The van der Waals surface area contributed by atoms with Crippen molar-refractivity contribution in [1.82, 2.24) is 15.1 Å². The number of aromatic amines is 1. The summed E-state index contributed by atoms with van der Waals surface area (Å²) in [6.07, 6.45) is 0. The fourth-order valence-corrected chi connectivity index (χ4v) is 2.77. The maximum Gasteiger partial charge on any atom is 0.274 e. The monoisotopic (exact) mass is 298 g/mol. The number of para-hydroxylation sites is 1. The molecule has 1 aliphatic heterocycles. The largest absolute Gasteiger partial charge is 0.365 e. The molecule has 6 nitrogen and oxygen atoms in total. The molecule has 0 radical (unpaired) electrons. The Hall–Kier alpha value is -2.63. The predicted molar refractivity (Wildman–Crippen MR) is 84.0 cm³/mol. The fraction of sp³-hybridized carbons (Fsp3) is 0.312. The summed E-state index contributed by atoms with van der Waals surface area (Å²) in [7, 11) is 0. The average Bonchev–Trinajstić information content (AvgIpc) is 2.55. The first-order chi connectivity index (χ1) is 10.6. The van der Waals surface area contributed by atoms with Gasteiger partial charge in [0.2, 0.25) is 0 Å². The summed E-state index contributed by atoms with van der Waals surface area (Å²) in [5.74, 6) is -0.143. The van der Waals surface area contributed by atoms with E-state index in [1.54, 1.807) is 4.90 Å². The van der Waals surface area contributed by atoms with Gasteiger partial charge in [-0.3, -0.25) is 9.59 Å². The molecule has 1 fully saturated rings. The Labute approximate surface area is 128 Å². The van der Waals surface area contributed by atoms with Crippen LogP contribution in [0.15, 0.2) is 47.3 Å². The third kappa shape index (κ3) is 2.86. The smallest absolute Gasteiger partial charge is 0.274 e. The zero-order valence-electron chi connectivity index (χ0n) is 12.4. The number of H-pyrrole nitrogens is 1. The van der Waals surface area contributed by atoms with Gasteiger partial charge in [-0.1, -0.05) is 18.2 Å². The van der Waals surface area contributed by atoms with Crippen LogP contribution in [0.5, 0.6) is 0 Å². The number of carbonyl (C=O) groups is 1. The molecule has 22 heavy (non-hydrogen) atoms. The van der Waals surface area contributed by atoms with Gasteiger partial charge in [0.1, 0.15) is 5.69 Å². The summed E-state index contributed by atoms with van der Waals surface area (Å²) >= 11 is 0. The highest BCUT2D eigenvalue weighted by molar-refractivity contribution is 5.92. The SMILES string of the molecule is CC1CN(C(=O)c2ccc(=O)[nH]n2)CCN1c1ccccc1. The molecule has 1 saturated heterocycles. The van der Waals surface area contributed by atoms with Gasteiger partial charge in [0, 0.05) is 37.4 Å². The summed E-state index contributed by atoms with van der Waals surface area (Å²) in [5.41, 5.74) is 1.14. The minimum Gasteiger partial charge on any atom is -0.365 e. The van der Waals surface area contributed by atoms with Crippen molar-refractivity contribution in [1.29, 1.82) is 0 Å². The van der Waals surface area contributed by atoms with E-state index in [1.807, 2.05) is 18.2 Å². The van der Waals surface area contributed by atoms with E-state index in [-0.39, 0.29) is 23.2 Å². The van der Waals surface area contributed by atoms with Gasteiger partial charge in [0.05, 0.1) is 0 Å². The lowest BCUT2D eigenvalue weighted by Gasteiger charge is -2.41. The van der Waals surface area contributed by atoms with Crippen molar-refractivity contribution in [2.45, 2.75) is 13.0 Å². The molecule has 6 heteroatoms. The van der Waals surface area contributed by atoms with E-state index in [0.29, 0.717) is 13.1 Å². The molecule has 1 aromatic carbocycles. The highest BCUT2D eigenvalue weighted by Crippen LogP contribution is 2.20. The molecular weight excluding hydrogens is 280 g/mol. The molecule has 1 amide bonds. The second kappa shape index (κ2) is 6.01. The van der Waals surface area contributed by atoms with Crippen molar-refractivity contribution in [3.63, 3.8) is 0 Å². The van der Waals surface area contributed by atoms with Crippen LogP contribution in [0.1, 0.15) is 17.4 Å². The maximum absolute atomic E-state index is 12.4. The van der Waals surface area contributed by atoms with E-state index in [9.17, 15) is 9.59 Å². The minimum atomic E-state index is -0.307. The van der Waals surface area contributed by atoms with Crippen LogP contribution in [-0.2, 0) is 0 Å². The van der Waals surface area contributed by atoms with E-state index in [1.165, 1.54) is 17.8 Å². The molecule has 1 aliphatic rings. The molecule has 114 valence electrons. The number of aromatic nitrogens is 2. The Kier molecular flexibility index (Phi) is 3.91. The minimum absolute atomic E-state index is 0.143. The Morgan fingerprint density at radius 2 is 1.95 bits per heavy atom. The summed E-state index contributed by atoms with van der Waals surface area (Å²) in [6, 6.07) is 13.2. The first-order valence-corrected chi connectivity index (χ1v) is 7.32. The summed E-state index contributed by atoms with van der Waals surface area (Å²) in [6.45, 7) is 4.15. The number of carbonyl (C=O) groups excluding carboxylic acids is 1. The second-order valence-corrected chi connectivity index (χ2v) is 5.44. The van der Waals surface area contributed by atoms with Gasteiger partial charge in [-0.05, 0) is 25.1 Å². The van der Waals surface area contributed by atoms with Crippen molar-refractivity contribution >= 4 is 11.6 Å². The third-order valence-corrected chi connectivity index (χ3v) is 3.90. The number of amides is 1. The van der Waals surface area contributed by atoms with E-state index < -0.39 is 0 Å². The first kappa shape index (κ1) is 14.3. The van der Waals surface area contributed by atoms with Crippen molar-refractivity contribution in [2.24, 2.45) is 0 Å². The standard InChI is InChI=1S/C16H18N4O2/c1-12-11-19(16(22)14-7-8-15(21)18-17-14)9-10-20(12)13-5-3-2-4-6-13/h2-8,12H,9-11H2,1H3,(H,18,21). The topological polar surface area (TPSA) is 69.3 Å². The van der Waals surface area contributed by atoms with Gasteiger partial charge in [-0.25, -0.2) is 5.10 Å². The molecule has 1 unspecified atom stereocenters. The van der Waals surface area contributed by atoms with Crippen molar-refractivity contribution in [3.8, 4) is 0 Å². The average molecular weight is 298 g/mol. The van der Waals surface area contributed by atoms with Gasteiger partial charge in [-0.2, -0.15) is 5.10 Å². The lowest BCUT2D eigenvalue weighted by molar-refractivity contribution is 0.0719. The number of hydrogen-bond donors (Lipinski definition) is 1. The lowest BCUT2D eigenvalue weighted by atomic mass is 10.1. The molecule has 0 bridgehead atoms. The Balaban J connectivity index is 1.71. The Morgan fingerprint density at radius 3 is 2.59 bits per heavy atom. The van der Waals surface area contributed by atoms with Crippen molar-refractivity contribution in [3.05, 3.63) is 58.5 Å². The van der Waals surface area contributed by atoms with Crippen LogP contribution in [-0.4, -0.2) is 46.7 Å². The number of anilines is 1. The Morgan fingerprint density at radius 1 is 1.18 bits per heavy atom. The van der Waals surface area contributed by atoms with Crippen LogP contribution in [0.4, 0.5) is 5.69 Å². The van der Waals surface area contributed by atoms with Gasteiger partial charge >= 0.3 is 0 Å². The zero-order valence-corrected chi connectivity index (χ0v) is 12.4. The molecule has 2 aromatic rings. The molecule has 1 aromatic heterocycles. The van der Waals surface area contributed by atoms with E-state index in [2.05, 4.69) is 34.2 Å². The number of piperazine rings is 1. The molecule has 1 N–H and O–H groups in total. The number of nitrogens with one attached hydrogen (secondary N) is 1. The normalized spacial score (nSPS) is 18.3. The molecule has 1 atom stereocenters. The highest BCUT2D eigenvalue weighted by Gasteiger charge is 2.28. The second-order valence-electron chi connectivity index (χ2n) is 5.44. The van der Waals surface area contributed by atoms with Crippen LogP contribution in [0.25, 0.3) is 0 Å². The molecule has 0 spiro atoms. The molecule has 3 rings (SSSR count). The zero-order chi connectivity index (χ0) is 15.5. The quantitative estimate of drug-likeness (QED) is 0.902. The molecular formula is C16H18N4O2. The van der Waals surface area contributed by atoms with Gasteiger partial charge in [0.15, 0.2) is 0 Å². The van der Waals surface area contributed by atoms with Crippen LogP contribution >= 0.6 is 0 Å². The van der Waals surface area contributed by atoms with Crippen molar-refractivity contribution in [2.75, 3.05) is 24.5 Å². The number of benzene rings is 1. The van der Waals surface area contributed by atoms with E-state index in [4.69, 9.17) is 0 Å². The molecule has 2 heterocycles. The molecule has 0 saturated carbocycles. The van der Waals surface area contributed by atoms with Gasteiger partial charge < -0.3 is 9.80 Å². The van der Waals surface area contributed by atoms with Gasteiger partial charge in [-0.15, -0.1) is 0 Å². The van der Waals surface area contributed by atoms with Crippen LogP contribution in [0.2, 0.25) is 0 Å². The van der Waals surface area contributed by atoms with E-state index >= 15 is 0 Å². The van der Waals surface area contributed by atoms with Crippen LogP contribution in [0.3, 0.4) is 0 Å². The van der Waals surface area contributed by atoms with E-state index in [0.717, 1.165) is 6.54 Å². The Bertz CT molecular complexity index is 693. The van der Waals surface area contributed by atoms with Gasteiger partial charge in [0.25, 0.3) is 11.5 Å². The van der Waals surface area contributed by atoms with Crippen molar-refractivity contribution < 1.29 is 4.79 Å². The van der Waals surface area contributed by atoms with Crippen LogP contribution < -0.4 is 10.5 Å². The van der Waals surface area contributed by atoms with Crippen LogP contribution in [0, 0.1) is 0 Å². The summed E-state index contributed by atoms with van der Waals surface area (Å²) in [5, 5.41) is 6.12. The first-order valence-electron chi connectivity index (χ1n) is 7.32. The predicted octanol–water partition coefficient (Wildman–Crippen LogP) is 1.12. The summed E-state index contributed by atoms with van der Waals surface area (Å²) in [4.78, 5) is 27.5. The maximum atomic E-state index is 12.4. The lowest BCUT2D eigenvalue weighted by Crippen LogP contribution is -2.54. The number of rotatable bonds is 2. The highest BCUT2D eigenvalue weighted by atomic mass is 16.2. The summed E-state index contributed by atoms with van der Waals surface area (Å²) < 4.78 is 0. The fourth-order valence-electron chi connectivity index (χ4n) is 2.77. The molecule has 0 aliphatic carbocycles. The number of nitrogens with zero attached hydrogens (tertiary/aromatic N) is 3.